The summed E-state index contributed by atoms with van der Waals surface area (Å²) in [7, 11) is 1.86. The zero-order valence-corrected chi connectivity index (χ0v) is 14.1. The van der Waals surface area contributed by atoms with E-state index in [0.717, 1.165) is 16.5 Å². The molecule has 1 atom stereocenters. The minimum absolute atomic E-state index is 0.127. The second-order valence-electron chi connectivity index (χ2n) is 5.23. The minimum Gasteiger partial charge on any atom is -0.309 e. The second-order valence-corrected chi connectivity index (χ2v) is 6.15. The molecular weight excluding hydrogens is 329 g/mol. The largest absolute Gasteiger partial charge is 0.309 e. The van der Waals surface area contributed by atoms with Gasteiger partial charge < -0.3 is 5.32 Å². The Morgan fingerprint density at radius 2 is 1.86 bits per heavy atom. The summed E-state index contributed by atoms with van der Waals surface area (Å²) in [6.07, 6.45) is 3.51. The molecule has 1 N–H and O–H groups in total. The molecule has 2 aromatic carbocycles. The zero-order valence-electron chi connectivity index (χ0n) is 12.5. The van der Waals surface area contributed by atoms with Gasteiger partial charge in [0.2, 0.25) is 0 Å². The summed E-state index contributed by atoms with van der Waals surface area (Å²) in [5.74, 6) is -0.196. The first-order valence-corrected chi connectivity index (χ1v) is 8.16. The van der Waals surface area contributed by atoms with E-state index in [4.69, 9.17) is 0 Å². The number of aryl methyl sites for hydroxylation is 1. The Hall–Kier alpha value is -1.19. The number of rotatable bonds is 6. The predicted octanol–water partition coefficient (Wildman–Crippen LogP) is 5.24. The number of unbranched alkanes of at least 4 members (excludes halogenated alkanes) is 1. The fraction of sp³-hybridized carbons (Fsp3) is 0.333. The van der Waals surface area contributed by atoms with Gasteiger partial charge >= 0.3 is 0 Å². The molecule has 2 aromatic rings. The average molecular weight is 350 g/mol. The lowest BCUT2D eigenvalue weighted by Crippen LogP contribution is -2.19. The lowest BCUT2D eigenvalue weighted by Gasteiger charge is -2.18. The van der Waals surface area contributed by atoms with Crippen molar-refractivity contribution in [2.75, 3.05) is 7.05 Å². The van der Waals surface area contributed by atoms with Crippen LogP contribution in [0.4, 0.5) is 4.39 Å². The highest BCUT2D eigenvalue weighted by atomic mass is 79.9. The number of nitrogens with one attached hydrogen (secondary N) is 1. The molecule has 0 aliphatic rings. The molecule has 0 radical (unpaired) electrons. The van der Waals surface area contributed by atoms with Gasteiger partial charge in [-0.1, -0.05) is 59.6 Å². The quantitative estimate of drug-likeness (QED) is 0.751. The van der Waals surface area contributed by atoms with Crippen molar-refractivity contribution < 1.29 is 4.39 Å². The van der Waals surface area contributed by atoms with E-state index in [2.05, 4.69) is 52.4 Å². The molecule has 0 spiro atoms. The van der Waals surface area contributed by atoms with Crippen LogP contribution in [0.15, 0.2) is 46.9 Å². The molecule has 0 aromatic heterocycles. The van der Waals surface area contributed by atoms with Gasteiger partial charge in [0.15, 0.2) is 0 Å². The summed E-state index contributed by atoms with van der Waals surface area (Å²) in [6, 6.07) is 13.6. The van der Waals surface area contributed by atoms with E-state index in [-0.39, 0.29) is 11.9 Å². The third kappa shape index (κ3) is 4.14. The normalized spacial score (nSPS) is 12.4. The second kappa shape index (κ2) is 7.71. The fourth-order valence-corrected chi connectivity index (χ4v) is 2.83. The summed E-state index contributed by atoms with van der Waals surface area (Å²) in [5.41, 5.74) is 3.09. The van der Waals surface area contributed by atoms with E-state index < -0.39 is 0 Å². The van der Waals surface area contributed by atoms with E-state index in [1.807, 2.05) is 19.2 Å². The van der Waals surface area contributed by atoms with E-state index in [1.54, 1.807) is 0 Å². The fourth-order valence-electron chi connectivity index (χ4n) is 2.49. The molecule has 0 aliphatic heterocycles. The molecular formula is C18H21BrFN. The van der Waals surface area contributed by atoms with Crippen molar-refractivity contribution in [2.45, 2.75) is 32.2 Å². The maximum atomic E-state index is 14.1. The molecule has 112 valence electrons. The molecule has 3 heteroatoms. The highest BCUT2D eigenvalue weighted by Crippen LogP contribution is 2.26. The van der Waals surface area contributed by atoms with Crippen LogP contribution in [0.25, 0.3) is 0 Å². The molecule has 0 fully saturated rings. The highest BCUT2D eigenvalue weighted by molar-refractivity contribution is 9.10. The van der Waals surface area contributed by atoms with Crippen LogP contribution >= 0.6 is 15.9 Å². The van der Waals surface area contributed by atoms with Crippen molar-refractivity contribution in [1.82, 2.24) is 5.32 Å². The molecule has 2 rings (SSSR count). The van der Waals surface area contributed by atoms with Crippen molar-refractivity contribution in [3.8, 4) is 0 Å². The summed E-state index contributed by atoms with van der Waals surface area (Å²) < 4.78 is 14.9. The predicted molar refractivity (Wildman–Crippen MR) is 90.1 cm³/mol. The first-order chi connectivity index (χ1) is 10.2. The molecule has 0 saturated heterocycles. The van der Waals surface area contributed by atoms with Crippen LogP contribution in [0.5, 0.6) is 0 Å². The van der Waals surface area contributed by atoms with Crippen molar-refractivity contribution >= 4 is 15.9 Å². The smallest absolute Gasteiger partial charge is 0.129 e. The highest BCUT2D eigenvalue weighted by Gasteiger charge is 2.16. The maximum absolute atomic E-state index is 14.1. The van der Waals surface area contributed by atoms with Gasteiger partial charge in [0.1, 0.15) is 5.82 Å². The molecule has 1 nitrogen and oxygen atoms in total. The molecule has 0 heterocycles. The van der Waals surface area contributed by atoms with E-state index in [0.29, 0.717) is 5.56 Å². The Labute approximate surface area is 134 Å². The molecule has 0 bridgehead atoms. The molecule has 0 saturated carbocycles. The standard InChI is InChI=1S/C18H21BrFN/c1-3-4-5-13-6-8-14(9-7-13)18(21-2)16-11-10-15(19)12-17(16)20/h6-12,18,21H,3-5H2,1-2H3. The van der Waals surface area contributed by atoms with Crippen LogP contribution in [-0.4, -0.2) is 7.05 Å². The van der Waals surface area contributed by atoms with Gasteiger partial charge in [-0.05, 0) is 43.1 Å². The summed E-state index contributed by atoms with van der Waals surface area (Å²) in [6.45, 7) is 2.20. The van der Waals surface area contributed by atoms with Crippen LogP contribution in [0.2, 0.25) is 0 Å². The number of hydrogen-bond acceptors (Lipinski definition) is 1. The van der Waals surface area contributed by atoms with Gasteiger partial charge in [-0.2, -0.15) is 0 Å². The Bertz CT molecular complexity index is 580. The van der Waals surface area contributed by atoms with Gasteiger partial charge in [0.25, 0.3) is 0 Å². The van der Waals surface area contributed by atoms with Crippen LogP contribution in [0.1, 0.15) is 42.5 Å². The first kappa shape index (κ1) is 16.2. The Kier molecular flexibility index (Phi) is 5.95. The number of hydrogen-bond donors (Lipinski definition) is 1. The van der Waals surface area contributed by atoms with Gasteiger partial charge in [0.05, 0.1) is 6.04 Å². The third-order valence-corrected chi connectivity index (χ3v) is 4.19. The topological polar surface area (TPSA) is 12.0 Å². The molecule has 0 amide bonds. The van der Waals surface area contributed by atoms with E-state index in [1.165, 1.54) is 24.5 Å². The van der Waals surface area contributed by atoms with Crippen LogP contribution < -0.4 is 5.32 Å². The average Bonchev–Trinajstić information content (AvgIpc) is 2.49. The maximum Gasteiger partial charge on any atom is 0.129 e. The number of benzene rings is 2. The zero-order chi connectivity index (χ0) is 15.2. The lowest BCUT2D eigenvalue weighted by atomic mass is 9.96. The molecule has 0 aliphatic carbocycles. The SMILES string of the molecule is CCCCc1ccc(C(NC)c2ccc(Br)cc2F)cc1. The van der Waals surface area contributed by atoms with E-state index >= 15 is 0 Å². The van der Waals surface area contributed by atoms with Crippen LogP contribution in [0, 0.1) is 5.82 Å². The summed E-state index contributed by atoms with van der Waals surface area (Å²) in [4.78, 5) is 0. The molecule has 21 heavy (non-hydrogen) atoms. The van der Waals surface area contributed by atoms with Crippen molar-refractivity contribution in [1.29, 1.82) is 0 Å². The van der Waals surface area contributed by atoms with E-state index in [9.17, 15) is 4.39 Å². The summed E-state index contributed by atoms with van der Waals surface area (Å²) >= 11 is 3.30. The Morgan fingerprint density at radius 3 is 2.43 bits per heavy atom. The Morgan fingerprint density at radius 1 is 1.14 bits per heavy atom. The third-order valence-electron chi connectivity index (χ3n) is 3.69. The van der Waals surface area contributed by atoms with Gasteiger partial charge in [-0.3, -0.25) is 0 Å². The van der Waals surface area contributed by atoms with Gasteiger partial charge in [-0.15, -0.1) is 0 Å². The summed E-state index contributed by atoms with van der Waals surface area (Å²) in [5, 5.41) is 3.20. The number of halogens is 2. The first-order valence-electron chi connectivity index (χ1n) is 7.36. The van der Waals surface area contributed by atoms with Gasteiger partial charge in [-0.25, -0.2) is 4.39 Å². The van der Waals surface area contributed by atoms with Gasteiger partial charge in [0, 0.05) is 10.0 Å². The monoisotopic (exact) mass is 349 g/mol. The van der Waals surface area contributed by atoms with Crippen molar-refractivity contribution in [2.24, 2.45) is 0 Å². The molecule has 1 unspecified atom stereocenters. The van der Waals surface area contributed by atoms with Crippen molar-refractivity contribution in [3.05, 3.63) is 69.4 Å². The van der Waals surface area contributed by atoms with Crippen LogP contribution in [-0.2, 0) is 6.42 Å². The Balaban J connectivity index is 2.24. The minimum atomic E-state index is -0.196. The van der Waals surface area contributed by atoms with Crippen LogP contribution in [0.3, 0.4) is 0 Å². The lowest BCUT2D eigenvalue weighted by molar-refractivity contribution is 0.575. The van der Waals surface area contributed by atoms with Crippen molar-refractivity contribution in [3.63, 3.8) is 0 Å².